The maximum Gasteiger partial charge on any atom is 0.0844 e. The van der Waals surface area contributed by atoms with Crippen molar-refractivity contribution >= 4 is 5.71 Å². The van der Waals surface area contributed by atoms with Gasteiger partial charge in [0.1, 0.15) is 0 Å². The molecule has 0 saturated heterocycles. The molecule has 0 N–H and O–H groups in total. The van der Waals surface area contributed by atoms with Gasteiger partial charge in [-0.3, -0.25) is 9.98 Å². The van der Waals surface area contributed by atoms with Crippen molar-refractivity contribution in [2.45, 2.75) is 26.2 Å². The fourth-order valence-corrected chi connectivity index (χ4v) is 1.90. The minimum absolute atomic E-state index is 0.643. The van der Waals surface area contributed by atoms with Gasteiger partial charge in [-0.25, -0.2) is 0 Å². The van der Waals surface area contributed by atoms with Crippen LogP contribution >= 0.6 is 0 Å². The van der Waals surface area contributed by atoms with Crippen LogP contribution < -0.4 is 0 Å². The van der Waals surface area contributed by atoms with Crippen molar-refractivity contribution < 1.29 is 0 Å². The SMILES string of the molecule is CCCC1C=CN=C(c2ccccn2)C1. The summed E-state index contributed by atoms with van der Waals surface area (Å²) in [4.78, 5) is 8.74. The molecule has 0 bridgehead atoms. The standard InChI is InChI=1S/C13H16N2/c1-2-5-11-7-9-15-13(10-11)12-6-3-4-8-14-12/h3-4,6-9,11H,2,5,10H2,1H3. The second-order valence-corrected chi connectivity index (χ2v) is 3.89. The number of pyridine rings is 1. The van der Waals surface area contributed by atoms with Crippen molar-refractivity contribution in [2.75, 3.05) is 0 Å². The highest BCUT2D eigenvalue weighted by Crippen LogP contribution is 2.20. The van der Waals surface area contributed by atoms with Crippen molar-refractivity contribution in [2.24, 2.45) is 10.9 Å². The van der Waals surface area contributed by atoms with E-state index >= 15 is 0 Å². The molecule has 2 heteroatoms. The zero-order valence-electron chi connectivity index (χ0n) is 9.06. The lowest BCUT2D eigenvalue weighted by Crippen LogP contribution is -2.12. The first-order valence-corrected chi connectivity index (χ1v) is 5.55. The van der Waals surface area contributed by atoms with E-state index in [0.717, 1.165) is 17.8 Å². The molecule has 1 aliphatic rings. The van der Waals surface area contributed by atoms with Gasteiger partial charge in [-0.05, 0) is 30.9 Å². The minimum Gasteiger partial charge on any atom is -0.259 e. The average Bonchev–Trinajstić information content (AvgIpc) is 2.31. The Morgan fingerprint density at radius 1 is 1.40 bits per heavy atom. The van der Waals surface area contributed by atoms with E-state index in [4.69, 9.17) is 0 Å². The van der Waals surface area contributed by atoms with E-state index in [-0.39, 0.29) is 0 Å². The predicted octanol–water partition coefficient (Wildman–Crippen LogP) is 3.20. The van der Waals surface area contributed by atoms with Crippen LogP contribution in [0.2, 0.25) is 0 Å². The Hall–Kier alpha value is -1.44. The first-order chi connectivity index (χ1) is 7.40. The van der Waals surface area contributed by atoms with Crippen LogP contribution in [0.5, 0.6) is 0 Å². The van der Waals surface area contributed by atoms with Crippen LogP contribution in [0.4, 0.5) is 0 Å². The Balaban J connectivity index is 2.12. The van der Waals surface area contributed by atoms with Gasteiger partial charge in [0.05, 0.1) is 11.4 Å². The molecule has 1 aliphatic heterocycles. The maximum atomic E-state index is 4.41. The Morgan fingerprint density at radius 2 is 2.33 bits per heavy atom. The van der Waals surface area contributed by atoms with E-state index in [9.17, 15) is 0 Å². The molecule has 0 amide bonds. The third-order valence-electron chi connectivity index (χ3n) is 2.66. The highest BCUT2D eigenvalue weighted by Gasteiger charge is 2.13. The summed E-state index contributed by atoms with van der Waals surface area (Å²) < 4.78 is 0. The summed E-state index contributed by atoms with van der Waals surface area (Å²) >= 11 is 0. The van der Waals surface area contributed by atoms with Gasteiger partial charge in [0, 0.05) is 12.4 Å². The number of allylic oxidation sites excluding steroid dienone is 1. The first-order valence-electron chi connectivity index (χ1n) is 5.55. The molecule has 0 saturated carbocycles. The molecular formula is C13H16N2. The third kappa shape index (κ3) is 2.52. The van der Waals surface area contributed by atoms with E-state index < -0.39 is 0 Å². The molecule has 0 fully saturated rings. The Labute approximate surface area is 90.8 Å². The lowest BCUT2D eigenvalue weighted by Gasteiger charge is -2.16. The number of aliphatic imine (C=N–C) groups is 1. The van der Waals surface area contributed by atoms with Gasteiger partial charge in [0.2, 0.25) is 0 Å². The van der Waals surface area contributed by atoms with Crippen molar-refractivity contribution in [3.63, 3.8) is 0 Å². The van der Waals surface area contributed by atoms with E-state index in [1.165, 1.54) is 12.8 Å². The van der Waals surface area contributed by atoms with Crippen LogP contribution in [0.25, 0.3) is 0 Å². The van der Waals surface area contributed by atoms with Gasteiger partial charge in [0.25, 0.3) is 0 Å². The molecule has 0 aliphatic carbocycles. The summed E-state index contributed by atoms with van der Waals surface area (Å²) in [6, 6.07) is 5.98. The number of rotatable bonds is 3. The highest BCUT2D eigenvalue weighted by atomic mass is 14.8. The minimum atomic E-state index is 0.643. The van der Waals surface area contributed by atoms with Gasteiger partial charge in [0.15, 0.2) is 0 Å². The number of aromatic nitrogens is 1. The highest BCUT2D eigenvalue weighted by molar-refractivity contribution is 5.99. The van der Waals surface area contributed by atoms with Gasteiger partial charge < -0.3 is 0 Å². The lowest BCUT2D eigenvalue weighted by molar-refractivity contribution is 0.595. The largest absolute Gasteiger partial charge is 0.259 e. The van der Waals surface area contributed by atoms with Gasteiger partial charge in [-0.15, -0.1) is 0 Å². The molecule has 1 unspecified atom stereocenters. The third-order valence-corrected chi connectivity index (χ3v) is 2.66. The normalized spacial score (nSPS) is 20.1. The van der Waals surface area contributed by atoms with Crippen molar-refractivity contribution in [3.05, 3.63) is 42.4 Å². The second kappa shape index (κ2) is 4.87. The molecule has 1 aromatic heterocycles. The molecule has 2 rings (SSSR count). The number of nitrogens with zero attached hydrogens (tertiary/aromatic N) is 2. The summed E-state index contributed by atoms with van der Waals surface area (Å²) in [6.07, 6.45) is 9.45. The molecule has 0 radical (unpaired) electrons. The molecule has 78 valence electrons. The summed E-state index contributed by atoms with van der Waals surface area (Å²) in [6.45, 7) is 2.22. The molecule has 1 atom stereocenters. The lowest BCUT2D eigenvalue weighted by atomic mass is 9.94. The molecular weight excluding hydrogens is 184 g/mol. The summed E-state index contributed by atoms with van der Waals surface area (Å²) in [5, 5.41) is 0. The Kier molecular flexibility index (Phi) is 3.28. The van der Waals surface area contributed by atoms with E-state index in [2.05, 4.69) is 23.0 Å². The van der Waals surface area contributed by atoms with Crippen molar-refractivity contribution in [1.29, 1.82) is 0 Å². The summed E-state index contributed by atoms with van der Waals surface area (Å²) in [5.74, 6) is 0.643. The molecule has 2 heterocycles. The van der Waals surface area contributed by atoms with E-state index in [1.54, 1.807) is 0 Å². The van der Waals surface area contributed by atoms with Crippen LogP contribution in [-0.4, -0.2) is 10.7 Å². The topological polar surface area (TPSA) is 25.2 Å². The van der Waals surface area contributed by atoms with Crippen LogP contribution in [-0.2, 0) is 0 Å². The molecule has 2 nitrogen and oxygen atoms in total. The summed E-state index contributed by atoms with van der Waals surface area (Å²) in [5.41, 5.74) is 2.14. The number of hydrogen-bond donors (Lipinski definition) is 0. The zero-order chi connectivity index (χ0) is 10.5. The van der Waals surface area contributed by atoms with Crippen molar-refractivity contribution in [3.8, 4) is 0 Å². The Bertz CT molecular complexity index is 365. The zero-order valence-corrected chi connectivity index (χ0v) is 9.06. The van der Waals surface area contributed by atoms with Crippen LogP contribution in [0.3, 0.4) is 0 Å². The summed E-state index contributed by atoms with van der Waals surface area (Å²) in [7, 11) is 0. The van der Waals surface area contributed by atoms with Crippen LogP contribution in [0.15, 0.2) is 41.7 Å². The van der Waals surface area contributed by atoms with Crippen LogP contribution in [0.1, 0.15) is 31.9 Å². The molecule has 0 aromatic carbocycles. The Morgan fingerprint density at radius 3 is 3.07 bits per heavy atom. The fourth-order valence-electron chi connectivity index (χ4n) is 1.90. The monoisotopic (exact) mass is 200 g/mol. The van der Waals surface area contributed by atoms with Crippen LogP contribution in [0, 0.1) is 5.92 Å². The second-order valence-electron chi connectivity index (χ2n) is 3.89. The molecule has 1 aromatic rings. The fraction of sp³-hybridized carbons (Fsp3) is 0.385. The van der Waals surface area contributed by atoms with E-state index in [1.807, 2.05) is 30.6 Å². The van der Waals surface area contributed by atoms with Crippen molar-refractivity contribution in [1.82, 2.24) is 4.98 Å². The molecule has 15 heavy (non-hydrogen) atoms. The molecule has 0 spiro atoms. The number of hydrogen-bond acceptors (Lipinski definition) is 2. The maximum absolute atomic E-state index is 4.41. The predicted molar refractivity (Wildman–Crippen MR) is 62.9 cm³/mol. The van der Waals surface area contributed by atoms with Gasteiger partial charge in [-0.2, -0.15) is 0 Å². The average molecular weight is 200 g/mol. The van der Waals surface area contributed by atoms with Gasteiger partial charge >= 0.3 is 0 Å². The van der Waals surface area contributed by atoms with E-state index in [0.29, 0.717) is 5.92 Å². The first kappa shape index (κ1) is 10.1. The smallest absolute Gasteiger partial charge is 0.0844 e. The van der Waals surface area contributed by atoms with Gasteiger partial charge in [-0.1, -0.05) is 25.5 Å². The quantitative estimate of drug-likeness (QED) is 0.735.